The molecule has 2 rings (SSSR count). The largest absolute Gasteiger partial charge is 0.324 e. The summed E-state index contributed by atoms with van der Waals surface area (Å²) in [6.07, 6.45) is 0. The molecule has 0 atom stereocenters. The summed E-state index contributed by atoms with van der Waals surface area (Å²) in [5.74, 6) is -0.297. The van der Waals surface area contributed by atoms with E-state index in [2.05, 4.69) is 15.4 Å². The maximum absolute atomic E-state index is 11.9. The van der Waals surface area contributed by atoms with Crippen molar-refractivity contribution in [2.24, 2.45) is 0 Å². The van der Waals surface area contributed by atoms with E-state index in [-0.39, 0.29) is 23.0 Å². The summed E-state index contributed by atoms with van der Waals surface area (Å²) in [7, 11) is 0. The summed E-state index contributed by atoms with van der Waals surface area (Å²) < 4.78 is 1.21. The van der Waals surface area contributed by atoms with Gasteiger partial charge in [0.15, 0.2) is 0 Å². The lowest BCUT2D eigenvalue weighted by Gasteiger charge is -2.08. The molecular weight excluding hydrogens is 311 g/mol. The first-order valence-corrected chi connectivity index (χ1v) is 6.41. The lowest BCUT2D eigenvalue weighted by Crippen LogP contribution is -2.20. The van der Waals surface area contributed by atoms with E-state index in [1.807, 2.05) is 13.0 Å². The number of rotatable bonds is 3. The number of carbonyl (C=O) groups is 1. The Labute approximate surface area is 124 Å². The van der Waals surface area contributed by atoms with Crippen molar-refractivity contribution in [3.63, 3.8) is 0 Å². The van der Waals surface area contributed by atoms with Gasteiger partial charge >= 0.3 is 0 Å². The van der Waals surface area contributed by atoms with Crippen molar-refractivity contribution in [3.05, 3.63) is 39.4 Å². The van der Waals surface area contributed by atoms with E-state index < -0.39 is 0 Å². The van der Waals surface area contributed by atoms with Gasteiger partial charge in [0.05, 0.1) is 0 Å². The van der Waals surface area contributed by atoms with Crippen molar-refractivity contribution in [2.45, 2.75) is 13.5 Å². The standard InChI is InChI=1S/C11H9Cl3N4O/c1-6-2-3-7(12)4-8(6)15-9(19)5-18-11(14)16-10(13)17-18/h2-4H,5H2,1H3,(H,15,19). The number of carbonyl (C=O) groups excluding carboxylic acids is 1. The first-order chi connectivity index (χ1) is 8.95. The van der Waals surface area contributed by atoms with Crippen molar-refractivity contribution in [3.8, 4) is 0 Å². The summed E-state index contributed by atoms with van der Waals surface area (Å²) in [4.78, 5) is 15.5. The molecule has 8 heteroatoms. The van der Waals surface area contributed by atoms with Crippen LogP contribution in [0.2, 0.25) is 15.6 Å². The first-order valence-electron chi connectivity index (χ1n) is 5.27. The molecule has 0 spiro atoms. The van der Waals surface area contributed by atoms with Crippen LogP contribution < -0.4 is 5.32 Å². The van der Waals surface area contributed by atoms with Gasteiger partial charge in [-0.25, -0.2) is 4.68 Å². The zero-order chi connectivity index (χ0) is 14.0. The number of amides is 1. The smallest absolute Gasteiger partial charge is 0.246 e. The Morgan fingerprint density at radius 2 is 2.11 bits per heavy atom. The molecule has 1 aromatic heterocycles. The Morgan fingerprint density at radius 1 is 1.37 bits per heavy atom. The number of hydrogen-bond donors (Lipinski definition) is 1. The van der Waals surface area contributed by atoms with Crippen LogP contribution in [0, 0.1) is 6.92 Å². The zero-order valence-corrected chi connectivity index (χ0v) is 12.1. The van der Waals surface area contributed by atoms with E-state index in [0.717, 1.165) is 5.56 Å². The lowest BCUT2D eigenvalue weighted by atomic mass is 10.2. The maximum Gasteiger partial charge on any atom is 0.246 e. The Balaban J connectivity index is 2.09. The molecule has 0 aliphatic heterocycles. The fourth-order valence-corrected chi connectivity index (χ4v) is 2.02. The molecule has 1 N–H and O–H groups in total. The van der Waals surface area contributed by atoms with Crippen molar-refractivity contribution >= 4 is 46.4 Å². The molecule has 0 unspecified atom stereocenters. The topological polar surface area (TPSA) is 59.8 Å². The van der Waals surface area contributed by atoms with Crippen molar-refractivity contribution < 1.29 is 4.79 Å². The quantitative estimate of drug-likeness (QED) is 0.945. The highest BCUT2D eigenvalue weighted by atomic mass is 35.5. The van der Waals surface area contributed by atoms with Crippen LogP contribution in [0.15, 0.2) is 18.2 Å². The lowest BCUT2D eigenvalue weighted by molar-refractivity contribution is -0.116. The van der Waals surface area contributed by atoms with Gasteiger partial charge in [-0.2, -0.15) is 4.98 Å². The highest BCUT2D eigenvalue weighted by molar-refractivity contribution is 6.31. The SMILES string of the molecule is Cc1ccc(Cl)cc1NC(=O)Cn1nc(Cl)nc1Cl. The second kappa shape index (κ2) is 5.77. The molecule has 1 aromatic carbocycles. The molecule has 1 heterocycles. The Hall–Kier alpha value is -1.30. The van der Waals surface area contributed by atoms with Gasteiger partial charge in [0.25, 0.3) is 0 Å². The third-order valence-corrected chi connectivity index (χ3v) is 3.04. The number of nitrogens with zero attached hydrogens (tertiary/aromatic N) is 3. The van der Waals surface area contributed by atoms with E-state index in [4.69, 9.17) is 34.8 Å². The second-order valence-corrected chi connectivity index (χ2v) is 4.93. The molecule has 0 saturated heterocycles. The van der Waals surface area contributed by atoms with Gasteiger partial charge in [-0.15, -0.1) is 5.10 Å². The summed E-state index contributed by atoms with van der Waals surface area (Å²) in [5, 5.41) is 7.11. The highest BCUT2D eigenvalue weighted by Crippen LogP contribution is 2.20. The zero-order valence-electron chi connectivity index (χ0n) is 9.82. The molecule has 5 nitrogen and oxygen atoms in total. The van der Waals surface area contributed by atoms with Crippen LogP contribution in [-0.4, -0.2) is 20.7 Å². The number of aryl methyl sites for hydroxylation is 1. The van der Waals surface area contributed by atoms with E-state index in [9.17, 15) is 4.79 Å². The van der Waals surface area contributed by atoms with Crippen LogP contribution in [0.4, 0.5) is 5.69 Å². The van der Waals surface area contributed by atoms with E-state index in [1.54, 1.807) is 12.1 Å². The first kappa shape index (κ1) is 14.1. The Morgan fingerprint density at radius 3 is 2.74 bits per heavy atom. The monoisotopic (exact) mass is 318 g/mol. The predicted molar refractivity (Wildman–Crippen MR) is 74.9 cm³/mol. The number of benzene rings is 1. The molecule has 0 aliphatic carbocycles. The van der Waals surface area contributed by atoms with E-state index in [0.29, 0.717) is 10.7 Å². The van der Waals surface area contributed by atoms with Gasteiger partial charge in [0.1, 0.15) is 6.54 Å². The molecule has 2 aromatic rings. The normalized spacial score (nSPS) is 10.5. The third kappa shape index (κ3) is 3.59. The van der Waals surface area contributed by atoms with Crippen molar-refractivity contribution in [2.75, 3.05) is 5.32 Å². The fraction of sp³-hybridized carbons (Fsp3) is 0.182. The number of nitrogens with one attached hydrogen (secondary N) is 1. The molecule has 0 radical (unpaired) electrons. The van der Waals surface area contributed by atoms with Crippen molar-refractivity contribution in [1.82, 2.24) is 14.8 Å². The number of halogens is 3. The molecule has 0 fully saturated rings. The minimum absolute atomic E-state index is 0.00302. The predicted octanol–water partition coefficient (Wildman–Crippen LogP) is 3.19. The van der Waals surface area contributed by atoms with E-state index >= 15 is 0 Å². The van der Waals surface area contributed by atoms with Crippen LogP contribution in [0.1, 0.15) is 5.56 Å². The van der Waals surface area contributed by atoms with Gasteiger partial charge in [0.2, 0.25) is 16.5 Å². The van der Waals surface area contributed by atoms with Crippen LogP contribution >= 0.6 is 34.8 Å². The average molecular weight is 320 g/mol. The van der Waals surface area contributed by atoms with Crippen molar-refractivity contribution in [1.29, 1.82) is 0 Å². The number of aromatic nitrogens is 3. The van der Waals surface area contributed by atoms with Gasteiger partial charge < -0.3 is 5.32 Å². The van der Waals surface area contributed by atoms with Crippen LogP contribution in [-0.2, 0) is 11.3 Å². The summed E-state index contributed by atoms with van der Waals surface area (Å²) in [5.41, 5.74) is 1.54. The summed E-state index contributed by atoms with van der Waals surface area (Å²) >= 11 is 17.2. The minimum atomic E-state index is -0.297. The maximum atomic E-state index is 11.9. The molecule has 1 amide bonds. The molecule has 0 bridgehead atoms. The molecular formula is C11H9Cl3N4O. The van der Waals surface area contributed by atoms with Crippen LogP contribution in [0.5, 0.6) is 0 Å². The van der Waals surface area contributed by atoms with Gasteiger partial charge in [0, 0.05) is 10.7 Å². The van der Waals surface area contributed by atoms with E-state index in [1.165, 1.54) is 4.68 Å². The Bertz CT molecular complexity index is 626. The van der Waals surface area contributed by atoms with Crippen LogP contribution in [0.25, 0.3) is 0 Å². The molecule has 100 valence electrons. The molecule has 19 heavy (non-hydrogen) atoms. The molecule has 0 saturated carbocycles. The Kier molecular flexibility index (Phi) is 4.29. The molecule has 0 aliphatic rings. The summed E-state index contributed by atoms with van der Waals surface area (Å²) in [6.45, 7) is 1.79. The summed E-state index contributed by atoms with van der Waals surface area (Å²) in [6, 6.07) is 5.24. The second-order valence-electron chi connectivity index (χ2n) is 3.81. The van der Waals surface area contributed by atoms with Gasteiger partial charge in [-0.3, -0.25) is 4.79 Å². The third-order valence-electron chi connectivity index (χ3n) is 2.37. The minimum Gasteiger partial charge on any atom is -0.324 e. The van der Waals surface area contributed by atoms with Gasteiger partial charge in [-0.1, -0.05) is 17.7 Å². The highest BCUT2D eigenvalue weighted by Gasteiger charge is 2.11. The number of anilines is 1. The van der Waals surface area contributed by atoms with Crippen LogP contribution in [0.3, 0.4) is 0 Å². The average Bonchev–Trinajstić information content (AvgIpc) is 2.62. The van der Waals surface area contributed by atoms with Gasteiger partial charge in [-0.05, 0) is 47.8 Å². The number of hydrogen-bond acceptors (Lipinski definition) is 3. The fourth-order valence-electron chi connectivity index (χ4n) is 1.45.